The van der Waals surface area contributed by atoms with Gasteiger partial charge in [0.1, 0.15) is 0 Å². The van der Waals surface area contributed by atoms with Crippen molar-refractivity contribution < 1.29 is 0 Å². The van der Waals surface area contributed by atoms with Crippen molar-refractivity contribution >= 4 is 60.7 Å². The van der Waals surface area contributed by atoms with Crippen molar-refractivity contribution in [3.63, 3.8) is 0 Å². The van der Waals surface area contributed by atoms with Gasteiger partial charge in [0.05, 0.1) is 16.6 Å². The van der Waals surface area contributed by atoms with Gasteiger partial charge in [-0.3, -0.25) is 0 Å². The van der Waals surface area contributed by atoms with Crippen molar-refractivity contribution in [1.82, 2.24) is 9.13 Å². The third-order valence-corrected chi connectivity index (χ3v) is 8.10. The van der Waals surface area contributed by atoms with Gasteiger partial charge in [0.25, 0.3) is 0 Å². The van der Waals surface area contributed by atoms with Crippen LogP contribution in [0.15, 0.2) is 146 Å². The van der Waals surface area contributed by atoms with Gasteiger partial charge in [-0.25, -0.2) is 0 Å². The maximum Gasteiger partial charge on any atom is 0.0541 e. The number of hydrogen-bond donors (Lipinski definition) is 0. The van der Waals surface area contributed by atoms with E-state index >= 15 is 0 Å². The van der Waals surface area contributed by atoms with E-state index in [1.165, 1.54) is 49.3 Å². The Morgan fingerprint density at radius 2 is 0.950 bits per heavy atom. The lowest BCUT2D eigenvalue weighted by atomic mass is 10.1. The van der Waals surface area contributed by atoms with Crippen molar-refractivity contribution in [2.75, 3.05) is 4.90 Å². The van der Waals surface area contributed by atoms with Crippen LogP contribution < -0.4 is 4.90 Å². The van der Waals surface area contributed by atoms with E-state index in [-0.39, 0.29) is 0 Å². The van der Waals surface area contributed by atoms with E-state index < -0.39 is 0 Å². The third kappa shape index (κ3) is 3.38. The van der Waals surface area contributed by atoms with Gasteiger partial charge in [0.2, 0.25) is 0 Å². The van der Waals surface area contributed by atoms with Crippen LogP contribution in [0, 0.1) is 0 Å². The van der Waals surface area contributed by atoms with Crippen LogP contribution in [0.3, 0.4) is 0 Å². The molecule has 0 amide bonds. The molecule has 6 aromatic carbocycles. The first kappa shape index (κ1) is 22.7. The molecule has 0 saturated heterocycles. The number of aromatic nitrogens is 2. The van der Waals surface area contributed by atoms with Gasteiger partial charge >= 0.3 is 0 Å². The smallest absolute Gasteiger partial charge is 0.0541 e. The highest BCUT2D eigenvalue weighted by molar-refractivity contribution is 6.12. The Kier molecular flexibility index (Phi) is 5.04. The van der Waals surface area contributed by atoms with E-state index in [0.717, 1.165) is 17.1 Å². The first-order valence-electron chi connectivity index (χ1n) is 13.7. The van der Waals surface area contributed by atoms with Gasteiger partial charge in [-0.1, -0.05) is 78.9 Å². The Bertz CT molecular complexity index is 2080. The van der Waals surface area contributed by atoms with Gasteiger partial charge in [-0.2, -0.15) is 0 Å². The summed E-state index contributed by atoms with van der Waals surface area (Å²) in [5, 5.41) is 5.06. The zero-order valence-corrected chi connectivity index (χ0v) is 22.2. The van der Waals surface area contributed by atoms with Gasteiger partial charge in [-0.05, 0) is 66.7 Å². The van der Waals surface area contributed by atoms with E-state index in [9.17, 15) is 0 Å². The summed E-state index contributed by atoms with van der Waals surface area (Å²) in [5.41, 5.74) is 9.49. The predicted octanol–water partition coefficient (Wildman–Crippen LogP) is 9.90. The highest BCUT2D eigenvalue weighted by Gasteiger charge is 2.17. The summed E-state index contributed by atoms with van der Waals surface area (Å²) >= 11 is 0. The molecule has 8 rings (SSSR count). The van der Waals surface area contributed by atoms with Crippen LogP contribution >= 0.6 is 0 Å². The van der Waals surface area contributed by atoms with Crippen molar-refractivity contribution in [3.8, 4) is 5.69 Å². The molecule has 0 radical (unpaired) electrons. The average Bonchev–Trinajstić information content (AvgIpc) is 3.50. The van der Waals surface area contributed by atoms with Gasteiger partial charge in [0.15, 0.2) is 0 Å². The van der Waals surface area contributed by atoms with Gasteiger partial charge in [0, 0.05) is 56.9 Å². The second-order valence-electron chi connectivity index (χ2n) is 10.3. The van der Waals surface area contributed by atoms with Crippen LogP contribution in [0.25, 0.3) is 49.3 Å². The Morgan fingerprint density at radius 1 is 0.400 bits per heavy atom. The Morgan fingerprint density at radius 3 is 1.57 bits per heavy atom. The molecule has 0 saturated carbocycles. The molecule has 0 bridgehead atoms. The number of fused-ring (bicyclic) bond motifs is 6. The minimum Gasteiger partial charge on any atom is -0.344 e. The lowest BCUT2D eigenvalue weighted by molar-refractivity contribution is 1.01. The lowest BCUT2D eigenvalue weighted by Crippen LogP contribution is -2.09. The Balaban J connectivity index is 1.34. The quantitative estimate of drug-likeness (QED) is 0.228. The van der Waals surface area contributed by atoms with E-state index in [1.54, 1.807) is 0 Å². The zero-order valence-electron chi connectivity index (χ0n) is 22.2. The lowest BCUT2D eigenvalue weighted by Gasteiger charge is -2.25. The van der Waals surface area contributed by atoms with E-state index in [4.69, 9.17) is 0 Å². The fourth-order valence-electron chi connectivity index (χ4n) is 6.27. The molecular formula is C37H27N3. The fraction of sp³-hybridized carbons (Fsp3) is 0.0270. The van der Waals surface area contributed by atoms with Crippen molar-refractivity contribution in [1.29, 1.82) is 0 Å². The normalized spacial score (nSPS) is 11.6. The van der Waals surface area contributed by atoms with Gasteiger partial charge < -0.3 is 14.0 Å². The van der Waals surface area contributed by atoms with E-state index in [0.29, 0.717) is 0 Å². The summed E-state index contributed by atoms with van der Waals surface area (Å²) in [4.78, 5) is 2.32. The summed E-state index contributed by atoms with van der Waals surface area (Å²) in [6.07, 6.45) is 0. The highest BCUT2D eigenvalue weighted by atomic mass is 15.1. The molecule has 0 aliphatic rings. The minimum absolute atomic E-state index is 1.14. The molecule has 0 atom stereocenters. The highest BCUT2D eigenvalue weighted by Crippen LogP contribution is 2.39. The summed E-state index contributed by atoms with van der Waals surface area (Å²) < 4.78 is 4.71. The molecule has 0 fully saturated rings. The van der Waals surface area contributed by atoms with Crippen molar-refractivity contribution in [2.45, 2.75) is 0 Å². The molecule has 3 nitrogen and oxygen atoms in total. The van der Waals surface area contributed by atoms with Crippen molar-refractivity contribution in [2.24, 2.45) is 7.05 Å². The molecule has 0 N–H and O–H groups in total. The van der Waals surface area contributed by atoms with Crippen LogP contribution in [0.4, 0.5) is 17.1 Å². The van der Waals surface area contributed by atoms with Crippen molar-refractivity contribution in [3.05, 3.63) is 146 Å². The number of benzene rings is 6. The zero-order chi connectivity index (χ0) is 26.6. The predicted molar refractivity (Wildman–Crippen MR) is 169 cm³/mol. The number of aryl methyl sites for hydroxylation is 1. The summed E-state index contributed by atoms with van der Waals surface area (Å²) in [5.74, 6) is 0. The molecule has 8 aromatic rings. The molecule has 190 valence electrons. The second-order valence-corrected chi connectivity index (χ2v) is 10.3. The number of para-hydroxylation sites is 4. The first-order valence-corrected chi connectivity index (χ1v) is 13.7. The third-order valence-electron chi connectivity index (χ3n) is 8.10. The molecule has 0 aliphatic carbocycles. The van der Waals surface area contributed by atoms with Crippen LogP contribution in [-0.4, -0.2) is 9.13 Å². The largest absolute Gasteiger partial charge is 0.344 e. The number of hydrogen-bond acceptors (Lipinski definition) is 1. The SMILES string of the molecule is Cn1c2ccc(N(c3ccccc3)c3ccccc3)cc2c2ccc(-n3c4ccccc4c4ccccc43)cc21. The molecule has 0 aliphatic heterocycles. The summed E-state index contributed by atoms with van der Waals surface area (Å²) in [6, 6.07) is 52.2. The van der Waals surface area contributed by atoms with E-state index in [1.807, 2.05) is 0 Å². The summed E-state index contributed by atoms with van der Waals surface area (Å²) in [7, 11) is 2.17. The molecule has 0 spiro atoms. The average molecular weight is 514 g/mol. The van der Waals surface area contributed by atoms with Crippen LogP contribution in [0.2, 0.25) is 0 Å². The number of nitrogens with zero attached hydrogens (tertiary/aromatic N) is 3. The van der Waals surface area contributed by atoms with Crippen LogP contribution in [0.1, 0.15) is 0 Å². The molecule has 40 heavy (non-hydrogen) atoms. The second kappa shape index (κ2) is 8.89. The first-order chi connectivity index (χ1) is 19.8. The number of anilines is 3. The summed E-state index contributed by atoms with van der Waals surface area (Å²) in [6.45, 7) is 0. The molecule has 2 heterocycles. The number of rotatable bonds is 4. The van der Waals surface area contributed by atoms with Crippen LogP contribution in [0.5, 0.6) is 0 Å². The monoisotopic (exact) mass is 513 g/mol. The molecular weight excluding hydrogens is 486 g/mol. The van der Waals surface area contributed by atoms with Gasteiger partial charge in [-0.15, -0.1) is 0 Å². The maximum absolute atomic E-state index is 2.39. The standard InChI is InChI=1S/C37H27N3/c1-38-34-23-21-28(39(26-12-4-2-5-13-26)27-14-6-3-7-15-27)24-33(34)32-22-20-29(25-37(32)38)40-35-18-10-8-16-30(35)31-17-9-11-19-36(31)40/h2-25H,1H3. The fourth-order valence-corrected chi connectivity index (χ4v) is 6.27. The molecule has 0 unspecified atom stereocenters. The topological polar surface area (TPSA) is 13.1 Å². The van der Waals surface area contributed by atoms with Crippen LogP contribution in [-0.2, 0) is 7.05 Å². The Labute approximate surface area is 232 Å². The Hall–Kier alpha value is -5.28. The molecule has 2 aromatic heterocycles. The maximum atomic E-state index is 2.39. The van der Waals surface area contributed by atoms with E-state index in [2.05, 4.69) is 167 Å². The molecule has 3 heteroatoms. The minimum atomic E-state index is 1.14.